The Morgan fingerprint density at radius 3 is 2.26 bits per heavy atom. The molecule has 0 unspecified atom stereocenters. The second-order valence-electron chi connectivity index (χ2n) is 7.74. The molecule has 9 nitrogen and oxygen atoms in total. The van der Waals surface area contributed by atoms with Crippen molar-refractivity contribution in [1.82, 2.24) is 10.2 Å². The molecule has 176 valence electrons. The van der Waals surface area contributed by atoms with Crippen LogP contribution < -0.4 is 10.6 Å². The van der Waals surface area contributed by atoms with Crippen LogP contribution in [0.3, 0.4) is 0 Å². The molecule has 1 heterocycles. The molecule has 2 N–H and O–H groups in total. The molecule has 0 atom stereocenters. The molecule has 1 saturated heterocycles. The number of ether oxygens (including phenoxy) is 1. The van der Waals surface area contributed by atoms with Crippen LogP contribution in [0.5, 0.6) is 0 Å². The fourth-order valence-electron chi connectivity index (χ4n) is 3.42. The monoisotopic (exact) mass is 471 g/mol. The lowest BCUT2D eigenvalue weighted by atomic mass is 10.1. The van der Waals surface area contributed by atoms with E-state index in [9.17, 15) is 24.0 Å². The molecular weight excluding hydrogens is 450 g/mol. The van der Waals surface area contributed by atoms with Crippen molar-refractivity contribution in [1.29, 1.82) is 0 Å². The van der Waals surface area contributed by atoms with Gasteiger partial charge in [0.25, 0.3) is 5.91 Å². The molecule has 3 aromatic rings. The Bertz CT molecular complexity index is 1270. The molecule has 0 saturated carbocycles. The average molecular weight is 471 g/mol. The van der Waals surface area contributed by atoms with Gasteiger partial charge in [-0.3, -0.25) is 19.3 Å². The summed E-state index contributed by atoms with van der Waals surface area (Å²) in [5, 5.41) is 5.18. The number of urea groups is 1. The lowest BCUT2D eigenvalue weighted by molar-refractivity contribution is -0.125. The highest BCUT2D eigenvalue weighted by Crippen LogP contribution is 2.14. The second-order valence-corrected chi connectivity index (χ2v) is 7.74. The van der Waals surface area contributed by atoms with Gasteiger partial charge in [0.2, 0.25) is 5.91 Å². The van der Waals surface area contributed by atoms with Crippen LogP contribution in [0.2, 0.25) is 0 Å². The Kier molecular flexibility index (Phi) is 6.96. The number of hydrogen-bond donors (Lipinski definition) is 2. The van der Waals surface area contributed by atoms with Gasteiger partial charge in [0.1, 0.15) is 0 Å². The van der Waals surface area contributed by atoms with E-state index in [1.165, 1.54) is 24.3 Å². The number of esters is 1. The number of anilines is 1. The van der Waals surface area contributed by atoms with Crippen LogP contribution in [0.1, 0.15) is 36.6 Å². The minimum absolute atomic E-state index is 0.0257. The molecular formula is C26H21N3O6. The number of hydrogen-bond acceptors (Lipinski definition) is 6. The number of nitrogens with one attached hydrogen (secondary N) is 2. The van der Waals surface area contributed by atoms with E-state index in [1.54, 1.807) is 48.5 Å². The Hall–Kier alpha value is -4.79. The van der Waals surface area contributed by atoms with Gasteiger partial charge >= 0.3 is 12.0 Å². The maximum Gasteiger partial charge on any atom is 0.338 e. The first-order valence-electron chi connectivity index (χ1n) is 10.7. The summed E-state index contributed by atoms with van der Waals surface area (Å²) in [6, 6.07) is 20.8. The summed E-state index contributed by atoms with van der Waals surface area (Å²) in [4.78, 5) is 61.6. The summed E-state index contributed by atoms with van der Waals surface area (Å²) >= 11 is 0. The van der Waals surface area contributed by atoms with E-state index in [-0.39, 0.29) is 30.5 Å². The van der Waals surface area contributed by atoms with E-state index in [4.69, 9.17) is 4.74 Å². The third-order valence-corrected chi connectivity index (χ3v) is 5.28. The van der Waals surface area contributed by atoms with E-state index >= 15 is 0 Å². The van der Waals surface area contributed by atoms with Crippen LogP contribution in [0.25, 0.3) is 0 Å². The fourth-order valence-corrected chi connectivity index (χ4v) is 3.42. The Balaban J connectivity index is 1.31. The van der Waals surface area contributed by atoms with E-state index in [0.29, 0.717) is 22.4 Å². The molecule has 0 bridgehead atoms. The molecule has 0 spiro atoms. The molecule has 4 rings (SSSR count). The number of nitrogens with zero attached hydrogens (tertiary/aromatic N) is 1. The van der Waals surface area contributed by atoms with Gasteiger partial charge in [0.15, 0.2) is 12.4 Å². The van der Waals surface area contributed by atoms with Crippen LogP contribution in [0, 0.1) is 0 Å². The number of carbonyl (C=O) groups is 5. The predicted molar refractivity (Wildman–Crippen MR) is 126 cm³/mol. The highest BCUT2D eigenvalue weighted by molar-refractivity contribution is 6.05. The summed E-state index contributed by atoms with van der Waals surface area (Å²) in [5.41, 5.74) is 2.13. The number of amides is 4. The second kappa shape index (κ2) is 10.4. The van der Waals surface area contributed by atoms with Crippen molar-refractivity contribution in [3.8, 4) is 0 Å². The van der Waals surface area contributed by atoms with Crippen molar-refractivity contribution in [3.63, 3.8) is 0 Å². The first-order valence-corrected chi connectivity index (χ1v) is 10.7. The first-order chi connectivity index (χ1) is 16.9. The van der Waals surface area contributed by atoms with Crippen LogP contribution in [-0.2, 0) is 16.1 Å². The predicted octanol–water partition coefficient (Wildman–Crippen LogP) is 3.03. The number of rotatable bonds is 8. The molecule has 0 radical (unpaired) electrons. The number of ketones is 1. The summed E-state index contributed by atoms with van der Waals surface area (Å²) in [6.45, 7) is -0.493. The zero-order valence-electron chi connectivity index (χ0n) is 18.5. The van der Waals surface area contributed by atoms with E-state index in [1.807, 2.05) is 6.07 Å². The number of carbonyl (C=O) groups excluding carboxylic acids is 5. The van der Waals surface area contributed by atoms with Crippen molar-refractivity contribution >= 4 is 35.3 Å². The van der Waals surface area contributed by atoms with E-state index in [0.717, 1.165) is 4.90 Å². The van der Waals surface area contributed by atoms with Gasteiger partial charge in [-0.25, -0.2) is 9.59 Å². The molecule has 9 heteroatoms. The molecule has 35 heavy (non-hydrogen) atoms. The smallest absolute Gasteiger partial charge is 0.338 e. The first kappa shape index (κ1) is 23.4. The fraction of sp³-hybridized carbons (Fsp3) is 0.115. The van der Waals surface area contributed by atoms with E-state index in [2.05, 4.69) is 10.6 Å². The SMILES string of the molecule is O=C(COC(=O)c1cccc(CN2C(=O)CNC2=O)c1)c1ccc(NC(=O)c2ccccc2)cc1. The highest BCUT2D eigenvalue weighted by atomic mass is 16.5. The largest absolute Gasteiger partial charge is 0.454 e. The zero-order valence-corrected chi connectivity index (χ0v) is 18.5. The molecule has 0 aliphatic carbocycles. The third kappa shape index (κ3) is 5.77. The maximum atomic E-state index is 12.5. The molecule has 4 amide bonds. The van der Waals surface area contributed by atoms with Crippen LogP contribution in [-0.4, -0.2) is 47.6 Å². The number of imide groups is 1. The molecule has 0 aromatic heterocycles. The maximum absolute atomic E-state index is 12.5. The van der Waals surface area contributed by atoms with Gasteiger partial charge in [-0.15, -0.1) is 0 Å². The summed E-state index contributed by atoms with van der Waals surface area (Å²) < 4.78 is 5.15. The van der Waals surface area contributed by atoms with E-state index < -0.39 is 24.4 Å². The van der Waals surface area contributed by atoms with Gasteiger partial charge in [-0.1, -0.05) is 30.3 Å². The van der Waals surface area contributed by atoms with Gasteiger partial charge in [-0.2, -0.15) is 0 Å². The number of Topliss-reactive ketones (excluding diaryl/α,β-unsaturated/α-hetero) is 1. The van der Waals surface area contributed by atoms with Crippen LogP contribution in [0.15, 0.2) is 78.9 Å². The number of benzene rings is 3. The van der Waals surface area contributed by atoms with Crippen molar-refractivity contribution in [2.75, 3.05) is 18.5 Å². The van der Waals surface area contributed by atoms with Gasteiger partial charge in [0.05, 0.1) is 18.7 Å². The Labute approximate surface area is 200 Å². The molecule has 1 fully saturated rings. The summed E-state index contributed by atoms with van der Waals surface area (Å²) in [6.07, 6.45) is 0. The third-order valence-electron chi connectivity index (χ3n) is 5.28. The van der Waals surface area contributed by atoms with Gasteiger partial charge in [-0.05, 0) is 54.1 Å². The molecule has 1 aliphatic rings. The lowest BCUT2D eigenvalue weighted by Gasteiger charge is -2.13. The van der Waals surface area contributed by atoms with Crippen LogP contribution >= 0.6 is 0 Å². The normalized spacial score (nSPS) is 12.7. The summed E-state index contributed by atoms with van der Waals surface area (Å²) in [7, 11) is 0. The minimum atomic E-state index is -0.704. The zero-order chi connectivity index (χ0) is 24.8. The standard InChI is InChI=1S/C26H21N3O6/c30-22(18-9-11-21(12-10-18)28-24(32)19-6-2-1-3-7-19)16-35-25(33)20-8-4-5-17(13-20)15-29-23(31)14-27-26(29)34/h1-13H,14-16H2,(H,27,34)(H,28,32). The Morgan fingerprint density at radius 1 is 0.857 bits per heavy atom. The minimum Gasteiger partial charge on any atom is -0.454 e. The Morgan fingerprint density at radius 2 is 1.57 bits per heavy atom. The highest BCUT2D eigenvalue weighted by Gasteiger charge is 2.28. The van der Waals surface area contributed by atoms with Crippen molar-refractivity contribution in [3.05, 3.63) is 101 Å². The van der Waals surface area contributed by atoms with Gasteiger partial charge in [0, 0.05) is 16.8 Å². The molecule has 1 aliphatic heterocycles. The van der Waals surface area contributed by atoms with Crippen molar-refractivity contribution in [2.45, 2.75) is 6.54 Å². The lowest BCUT2D eigenvalue weighted by Crippen LogP contribution is -2.30. The van der Waals surface area contributed by atoms with Crippen LogP contribution in [0.4, 0.5) is 10.5 Å². The van der Waals surface area contributed by atoms with Crippen molar-refractivity contribution < 1.29 is 28.7 Å². The molecule has 3 aromatic carbocycles. The quantitative estimate of drug-likeness (QED) is 0.296. The summed E-state index contributed by atoms with van der Waals surface area (Å²) in [5.74, 6) is -1.73. The average Bonchev–Trinajstić information content (AvgIpc) is 3.20. The topological polar surface area (TPSA) is 122 Å². The van der Waals surface area contributed by atoms with Gasteiger partial charge < -0.3 is 15.4 Å². The van der Waals surface area contributed by atoms with Crippen molar-refractivity contribution in [2.24, 2.45) is 0 Å².